The maximum absolute atomic E-state index is 10.7. The van der Waals surface area contributed by atoms with Crippen LogP contribution in [0.3, 0.4) is 0 Å². The molecule has 124 valence electrons. The van der Waals surface area contributed by atoms with Crippen molar-refractivity contribution in [2.24, 2.45) is 0 Å². The third-order valence-electron chi connectivity index (χ3n) is 4.46. The molecule has 24 heavy (non-hydrogen) atoms. The summed E-state index contributed by atoms with van der Waals surface area (Å²) in [5.74, 6) is 0. The van der Waals surface area contributed by atoms with Crippen molar-refractivity contribution in [3.05, 3.63) is 73.8 Å². The smallest absolute Gasteiger partial charge is 0.121 e. The van der Waals surface area contributed by atoms with Crippen molar-refractivity contribution in [2.45, 2.75) is 12.6 Å². The van der Waals surface area contributed by atoms with E-state index in [-0.39, 0.29) is 0 Å². The fourth-order valence-corrected chi connectivity index (χ4v) is 3.47. The molecule has 0 aliphatic heterocycles. The van der Waals surface area contributed by atoms with Gasteiger partial charge >= 0.3 is 0 Å². The van der Waals surface area contributed by atoms with Crippen LogP contribution >= 0.6 is 0 Å². The topological polar surface area (TPSA) is 29.6 Å². The lowest BCUT2D eigenvalue weighted by Gasteiger charge is -2.20. The van der Waals surface area contributed by atoms with Gasteiger partial charge in [0.2, 0.25) is 0 Å². The number of aliphatic hydroxyl groups excluding tert-OH is 1. The van der Waals surface area contributed by atoms with Gasteiger partial charge in [-0.1, -0.05) is 49.6 Å². The Bertz CT molecular complexity index is 786. The van der Waals surface area contributed by atoms with Crippen LogP contribution in [0.2, 0.25) is 0 Å². The minimum atomic E-state index is -0.417. The number of aromatic nitrogens is 1. The molecule has 0 radical (unpaired) electrons. The summed E-state index contributed by atoms with van der Waals surface area (Å²) in [4.78, 5) is 1.27. The standard InChI is InChI=1S/C21H24N2O/c1-3-13-22(14-4-2)15-17(24)16-23-20-11-7-5-9-18(20)19-10-6-8-12-21(19)23/h3-12,17,24H,1-2,13-16H2/p+1/t17-/m1/s1. The summed E-state index contributed by atoms with van der Waals surface area (Å²) < 4.78 is 2.23. The second-order valence-electron chi connectivity index (χ2n) is 6.24. The quantitative estimate of drug-likeness (QED) is 0.613. The van der Waals surface area contributed by atoms with Crippen LogP contribution in [0, 0.1) is 0 Å². The van der Waals surface area contributed by atoms with Gasteiger partial charge < -0.3 is 14.6 Å². The van der Waals surface area contributed by atoms with Crippen molar-refractivity contribution in [1.29, 1.82) is 0 Å². The lowest BCUT2D eigenvalue weighted by atomic mass is 10.2. The Morgan fingerprint density at radius 1 is 0.917 bits per heavy atom. The Morgan fingerprint density at radius 2 is 1.42 bits per heavy atom. The van der Waals surface area contributed by atoms with Crippen LogP contribution in [0.25, 0.3) is 21.8 Å². The molecular weight excluding hydrogens is 296 g/mol. The zero-order chi connectivity index (χ0) is 16.9. The molecule has 0 bridgehead atoms. The second-order valence-corrected chi connectivity index (χ2v) is 6.24. The first-order valence-corrected chi connectivity index (χ1v) is 8.44. The molecule has 2 N–H and O–H groups in total. The van der Waals surface area contributed by atoms with E-state index in [1.54, 1.807) is 0 Å². The zero-order valence-electron chi connectivity index (χ0n) is 14.0. The van der Waals surface area contributed by atoms with Gasteiger partial charge in [-0.25, -0.2) is 0 Å². The summed E-state index contributed by atoms with van der Waals surface area (Å²) in [5.41, 5.74) is 2.35. The first-order valence-electron chi connectivity index (χ1n) is 8.44. The lowest BCUT2D eigenvalue weighted by molar-refractivity contribution is -0.891. The molecule has 3 rings (SSSR count). The molecule has 0 spiro atoms. The van der Waals surface area contributed by atoms with E-state index < -0.39 is 6.10 Å². The first-order chi connectivity index (χ1) is 11.7. The van der Waals surface area contributed by atoms with Crippen LogP contribution in [0.15, 0.2) is 73.8 Å². The van der Waals surface area contributed by atoms with Crippen LogP contribution < -0.4 is 4.90 Å². The Labute approximate surface area is 143 Å². The average Bonchev–Trinajstić information content (AvgIpc) is 2.90. The average molecular weight is 321 g/mol. The first kappa shape index (κ1) is 16.5. The summed E-state index contributed by atoms with van der Waals surface area (Å²) in [6.07, 6.45) is 3.37. The number of quaternary nitrogens is 1. The Morgan fingerprint density at radius 3 is 1.92 bits per heavy atom. The van der Waals surface area contributed by atoms with Gasteiger partial charge in [-0.05, 0) is 24.3 Å². The molecule has 0 aliphatic carbocycles. The largest absolute Gasteiger partial charge is 0.385 e. The number of nitrogens with one attached hydrogen (secondary N) is 1. The van der Waals surface area contributed by atoms with Crippen molar-refractivity contribution < 1.29 is 10.0 Å². The highest BCUT2D eigenvalue weighted by molar-refractivity contribution is 6.07. The molecular formula is C21H25N2O+. The molecule has 3 heteroatoms. The van der Waals surface area contributed by atoms with E-state index in [2.05, 4.69) is 66.3 Å². The molecule has 0 fully saturated rings. The number of benzene rings is 2. The number of fused-ring (bicyclic) bond motifs is 3. The molecule has 0 aliphatic rings. The predicted octanol–water partition coefficient (Wildman–Crippen LogP) is 2.41. The van der Waals surface area contributed by atoms with Gasteiger partial charge in [0.25, 0.3) is 0 Å². The van der Waals surface area contributed by atoms with E-state index in [0.29, 0.717) is 13.1 Å². The lowest BCUT2D eigenvalue weighted by Crippen LogP contribution is -3.12. The van der Waals surface area contributed by atoms with Crippen molar-refractivity contribution in [1.82, 2.24) is 4.57 Å². The van der Waals surface area contributed by atoms with Crippen LogP contribution in [0.1, 0.15) is 0 Å². The predicted molar refractivity (Wildman–Crippen MR) is 101 cm³/mol. The highest BCUT2D eigenvalue weighted by Crippen LogP contribution is 2.28. The van der Waals surface area contributed by atoms with Gasteiger partial charge in [-0.2, -0.15) is 0 Å². The van der Waals surface area contributed by atoms with Gasteiger partial charge in [0.15, 0.2) is 0 Å². The van der Waals surface area contributed by atoms with Crippen molar-refractivity contribution in [3.8, 4) is 0 Å². The minimum Gasteiger partial charge on any atom is -0.385 e. The molecule has 0 unspecified atom stereocenters. The van der Waals surface area contributed by atoms with E-state index in [9.17, 15) is 5.11 Å². The molecule has 1 atom stereocenters. The summed E-state index contributed by atoms with van der Waals surface area (Å²) in [6, 6.07) is 16.8. The highest BCUT2D eigenvalue weighted by atomic mass is 16.3. The van der Waals surface area contributed by atoms with Crippen molar-refractivity contribution >= 4 is 21.8 Å². The third kappa shape index (κ3) is 3.28. The molecule has 0 amide bonds. The summed E-state index contributed by atoms with van der Waals surface area (Å²) in [7, 11) is 0. The van der Waals surface area contributed by atoms with E-state index >= 15 is 0 Å². The van der Waals surface area contributed by atoms with Crippen LogP contribution in [0.4, 0.5) is 0 Å². The molecule has 1 aromatic heterocycles. The number of rotatable bonds is 8. The number of hydrogen-bond acceptors (Lipinski definition) is 1. The minimum absolute atomic E-state index is 0.417. The second kappa shape index (κ2) is 7.47. The highest BCUT2D eigenvalue weighted by Gasteiger charge is 2.17. The monoisotopic (exact) mass is 321 g/mol. The van der Waals surface area contributed by atoms with Crippen LogP contribution in [0.5, 0.6) is 0 Å². The van der Waals surface area contributed by atoms with E-state index in [4.69, 9.17) is 0 Å². The SMILES string of the molecule is C=CC[NH+](CC=C)C[C@@H](O)Cn1c2ccccc2c2ccccc21. The summed E-state index contributed by atoms with van der Waals surface area (Å²) in [6.45, 7) is 10.5. The molecule has 2 aromatic carbocycles. The normalized spacial score (nSPS) is 12.8. The fraction of sp³-hybridized carbons (Fsp3) is 0.238. The van der Waals surface area contributed by atoms with Gasteiger partial charge in [0.1, 0.15) is 12.6 Å². The van der Waals surface area contributed by atoms with Gasteiger partial charge in [-0.15, -0.1) is 0 Å². The van der Waals surface area contributed by atoms with E-state index in [0.717, 1.165) is 13.1 Å². The maximum atomic E-state index is 10.7. The zero-order valence-corrected chi connectivity index (χ0v) is 14.0. The number of nitrogens with zero attached hydrogens (tertiary/aromatic N) is 1. The van der Waals surface area contributed by atoms with Crippen molar-refractivity contribution in [2.75, 3.05) is 19.6 Å². The van der Waals surface area contributed by atoms with E-state index in [1.807, 2.05) is 12.2 Å². The summed E-state index contributed by atoms with van der Waals surface area (Å²) >= 11 is 0. The van der Waals surface area contributed by atoms with Crippen LogP contribution in [-0.4, -0.2) is 35.4 Å². The molecule has 1 heterocycles. The third-order valence-corrected chi connectivity index (χ3v) is 4.46. The van der Waals surface area contributed by atoms with Gasteiger partial charge in [-0.3, -0.25) is 0 Å². The molecule has 0 saturated heterocycles. The van der Waals surface area contributed by atoms with E-state index in [1.165, 1.54) is 26.7 Å². The Balaban J connectivity index is 1.91. The fourth-order valence-electron chi connectivity index (χ4n) is 3.47. The number of aliphatic hydroxyl groups is 1. The maximum Gasteiger partial charge on any atom is 0.121 e. The molecule has 3 nitrogen and oxygen atoms in total. The summed E-state index contributed by atoms with van der Waals surface area (Å²) in [5, 5.41) is 13.1. The molecule has 0 saturated carbocycles. The van der Waals surface area contributed by atoms with Crippen molar-refractivity contribution in [3.63, 3.8) is 0 Å². The Hall–Kier alpha value is -2.36. The Kier molecular flexibility index (Phi) is 5.14. The van der Waals surface area contributed by atoms with Gasteiger partial charge in [0.05, 0.1) is 19.6 Å². The number of hydrogen-bond donors (Lipinski definition) is 2. The number of para-hydroxylation sites is 2. The van der Waals surface area contributed by atoms with Gasteiger partial charge in [0, 0.05) is 21.8 Å². The van der Waals surface area contributed by atoms with Crippen LogP contribution in [-0.2, 0) is 6.54 Å². The molecule has 3 aromatic rings.